The van der Waals surface area contributed by atoms with E-state index in [9.17, 15) is 9.59 Å². The molecule has 2 aromatic carbocycles. The molecule has 1 amide bonds. The summed E-state index contributed by atoms with van der Waals surface area (Å²) in [6.45, 7) is 1.58. The summed E-state index contributed by atoms with van der Waals surface area (Å²) in [7, 11) is 0. The van der Waals surface area contributed by atoms with Crippen molar-refractivity contribution >= 4 is 16.8 Å². The standard InChI is InChI=1S/C21H20N4O4/c26-20(13-25-21(27)15-4-1-2-5-16(15)22-23-25)24-9-3-6-17(24)14-7-8-18-19(12-14)29-11-10-28-18/h1-2,4-5,7-8,12,17H,3,6,9-11,13H2/t17-/m1/s1. The van der Waals surface area contributed by atoms with Gasteiger partial charge in [-0.15, -0.1) is 5.10 Å². The average molecular weight is 392 g/mol. The van der Waals surface area contributed by atoms with Gasteiger partial charge in [0.1, 0.15) is 25.3 Å². The number of ether oxygens (including phenoxy) is 2. The molecule has 0 unspecified atom stereocenters. The molecular weight excluding hydrogens is 372 g/mol. The van der Waals surface area contributed by atoms with Gasteiger partial charge in [0.2, 0.25) is 5.91 Å². The normalized spacial score (nSPS) is 18.2. The molecule has 3 aromatic rings. The minimum atomic E-state index is -0.306. The molecule has 0 saturated carbocycles. The van der Waals surface area contributed by atoms with E-state index in [0.29, 0.717) is 36.4 Å². The van der Waals surface area contributed by atoms with Gasteiger partial charge in [-0.1, -0.05) is 23.4 Å². The zero-order valence-corrected chi connectivity index (χ0v) is 15.8. The van der Waals surface area contributed by atoms with Gasteiger partial charge in [-0.25, -0.2) is 4.68 Å². The van der Waals surface area contributed by atoms with Crippen LogP contribution in [0.3, 0.4) is 0 Å². The van der Waals surface area contributed by atoms with E-state index in [1.165, 1.54) is 0 Å². The van der Waals surface area contributed by atoms with E-state index in [0.717, 1.165) is 28.8 Å². The molecule has 1 atom stereocenters. The molecular formula is C21H20N4O4. The second-order valence-corrected chi connectivity index (χ2v) is 7.22. The van der Waals surface area contributed by atoms with Gasteiger partial charge in [0, 0.05) is 6.54 Å². The van der Waals surface area contributed by atoms with Crippen molar-refractivity contribution in [1.82, 2.24) is 19.9 Å². The van der Waals surface area contributed by atoms with Crippen molar-refractivity contribution in [2.75, 3.05) is 19.8 Å². The van der Waals surface area contributed by atoms with Gasteiger partial charge in [-0.3, -0.25) is 9.59 Å². The van der Waals surface area contributed by atoms with Crippen LogP contribution in [-0.2, 0) is 11.3 Å². The van der Waals surface area contributed by atoms with Crippen molar-refractivity contribution < 1.29 is 14.3 Å². The quantitative estimate of drug-likeness (QED) is 0.677. The summed E-state index contributed by atoms with van der Waals surface area (Å²) in [6, 6.07) is 12.8. The molecule has 0 N–H and O–H groups in total. The van der Waals surface area contributed by atoms with E-state index in [2.05, 4.69) is 10.3 Å². The second kappa shape index (κ2) is 7.20. The number of carbonyl (C=O) groups is 1. The topological polar surface area (TPSA) is 86.5 Å². The Hall–Kier alpha value is -3.42. The van der Waals surface area contributed by atoms with Gasteiger partial charge in [-0.05, 0) is 42.7 Å². The Bertz CT molecular complexity index is 1140. The zero-order valence-electron chi connectivity index (χ0n) is 15.8. The molecule has 8 nitrogen and oxygen atoms in total. The van der Waals surface area contributed by atoms with Crippen LogP contribution in [0.4, 0.5) is 0 Å². The van der Waals surface area contributed by atoms with E-state index in [1.54, 1.807) is 24.3 Å². The fourth-order valence-corrected chi connectivity index (χ4v) is 4.02. The monoisotopic (exact) mass is 392 g/mol. The van der Waals surface area contributed by atoms with Crippen LogP contribution in [0.2, 0.25) is 0 Å². The van der Waals surface area contributed by atoms with Gasteiger partial charge in [-0.2, -0.15) is 0 Å². The number of rotatable bonds is 3. The maximum atomic E-state index is 13.0. The first kappa shape index (κ1) is 17.7. The number of fused-ring (bicyclic) bond motifs is 2. The van der Waals surface area contributed by atoms with E-state index in [1.807, 2.05) is 23.1 Å². The van der Waals surface area contributed by atoms with Gasteiger partial charge in [0.25, 0.3) is 5.56 Å². The molecule has 0 spiro atoms. The fraction of sp³-hybridized carbons (Fsp3) is 0.333. The Morgan fingerprint density at radius 3 is 2.83 bits per heavy atom. The number of carbonyl (C=O) groups excluding carboxylic acids is 1. The van der Waals surface area contributed by atoms with Crippen molar-refractivity contribution in [3.8, 4) is 11.5 Å². The molecule has 0 aliphatic carbocycles. The van der Waals surface area contributed by atoms with Crippen LogP contribution in [0, 0.1) is 0 Å². The predicted octanol–water partition coefficient (Wildman–Crippen LogP) is 1.93. The highest BCUT2D eigenvalue weighted by Crippen LogP contribution is 2.38. The van der Waals surface area contributed by atoms with E-state index in [4.69, 9.17) is 9.47 Å². The van der Waals surface area contributed by atoms with Crippen molar-refractivity contribution in [2.24, 2.45) is 0 Å². The smallest absolute Gasteiger partial charge is 0.278 e. The molecule has 1 fully saturated rings. The van der Waals surface area contributed by atoms with Crippen LogP contribution < -0.4 is 15.0 Å². The third kappa shape index (κ3) is 3.20. The minimum absolute atomic E-state index is 0.0533. The first-order chi connectivity index (χ1) is 14.2. The molecule has 148 valence electrons. The predicted molar refractivity (Wildman–Crippen MR) is 105 cm³/mol. The first-order valence-corrected chi connectivity index (χ1v) is 9.72. The van der Waals surface area contributed by atoms with Crippen LogP contribution in [0.5, 0.6) is 11.5 Å². The summed E-state index contributed by atoms with van der Waals surface area (Å²) in [5.74, 6) is 1.30. The van der Waals surface area contributed by atoms with Crippen LogP contribution in [0.1, 0.15) is 24.4 Å². The number of amides is 1. The molecule has 0 radical (unpaired) electrons. The Morgan fingerprint density at radius 2 is 1.93 bits per heavy atom. The van der Waals surface area contributed by atoms with Crippen LogP contribution >= 0.6 is 0 Å². The molecule has 2 aliphatic rings. The van der Waals surface area contributed by atoms with E-state index >= 15 is 0 Å². The molecule has 8 heteroatoms. The molecule has 5 rings (SSSR count). The number of likely N-dealkylation sites (tertiary alicyclic amines) is 1. The minimum Gasteiger partial charge on any atom is -0.486 e. The number of hydrogen-bond donors (Lipinski definition) is 0. The van der Waals surface area contributed by atoms with Gasteiger partial charge < -0.3 is 14.4 Å². The summed E-state index contributed by atoms with van der Waals surface area (Å²) < 4.78 is 12.4. The Labute approximate surface area is 166 Å². The van der Waals surface area contributed by atoms with Crippen molar-refractivity contribution in [2.45, 2.75) is 25.4 Å². The van der Waals surface area contributed by atoms with E-state index in [-0.39, 0.29) is 24.1 Å². The largest absolute Gasteiger partial charge is 0.486 e. The van der Waals surface area contributed by atoms with Gasteiger partial charge in [0.15, 0.2) is 11.5 Å². The number of benzene rings is 2. The Morgan fingerprint density at radius 1 is 1.10 bits per heavy atom. The highest BCUT2D eigenvalue weighted by molar-refractivity contribution is 5.79. The lowest BCUT2D eigenvalue weighted by Gasteiger charge is -2.26. The summed E-state index contributed by atoms with van der Waals surface area (Å²) in [5, 5.41) is 8.46. The molecule has 3 heterocycles. The average Bonchev–Trinajstić information content (AvgIpc) is 3.26. The maximum absolute atomic E-state index is 13.0. The molecule has 1 saturated heterocycles. The number of nitrogens with zero attached hydrogens (tertiary/aromatic N) is 4. The van der Waals surface area contributed by atoms with Gasteiger partial charge in [0.05, 0.1) is 11.4 Å². The molecule has 29 heavy (non-hydrogen) atoms. The molecule has 1 aromatic heterocycles. The molecule has 2 aliphatic heterocycles. The lowest BCUT2D eigenvalue weighted by atomic mass is 10.0. The van der Waals surface area contributed by atoms with E-state index < -0.39 is 0 Å². The number of aromatic nitrogens is 3. The third-order valence-electron chi connectivity index (χ3n) is 5.44. The highest BCUT2D eigenvalue weighted by atomic mass is 16.6. The van der Waals surface area contributed by atoms with Crippen LogP contribution in [0.15, 0.2) is 47.3 Å². The Balaban J connectivity index is 1.39. The van der Waals surface area contributed by atoms with Gasteiger partial charge >= 0.3 is 0 Å². The maximum Gasteiger partial charge on any atom is 0.278 e. The molecule has 0 bridgehead atoms. The van der Waals surface area contributed by atoms with Crippen molar-refractivity contribution in [3.63, 3.8) is 0 Å². The summed E-state index contributed by atoms with van der Waals surface area (Å²) >= 11 is 0. The lowest BCUT2D eigenvalue weighted by molar-refractivity contribution is -0.133. The summed E-state index contributed by atoms with van der Waals surface area (Å²) in [4.78, 5) is 27.5. The summed E-state index contributed by atoms with van der Waals surface area (Å²) in [6.07, 6.45) is 1.77. The van der Waals surface area contributed by atoms with Crippen LogP contribution in [-0.4, -0.2) is 45.6 Å². The van der Waals surface area contributed by atoms with Crippen molar-refractivity contribution in [1.29, 1.82) is 0 Å². The SMILES string of the molecule is O=C(Cn1nnc2ccccc2c1=O)N1CCC[C@@H]1c1ccc2c(c1)OCCO2. The second-order valence-electron chi connectivity index (χ2n) is 7.22. The number of hydrogen-bond acceptors (Lipinski definition) is 6. The fourth-order valence-electron chi connectivity index (χ4n) is 4.02. The highest BCUT2D eigenvalue weighted by Gasteiger charge is 2.31. The van der Waals surface area contributed by atoms with Crippen LogP contribution in [0.25, 0.3) is 10.9 Å². The first-order valence-electron chi connectivity index (χ1n) is 9.72. The summed E-state index contributed by atoms with van der Waals surface area (Å²) in [5.41, 5.74) is 1.23. The lowest BCUT2D eigenvalue weighted by Crippen LogP contribution is -2.37. The third-order valence-corrected chi connectivity index (χ3v) is 5.44. The van der Waals surface area contributed by atoms with Crippen molar-refractivity contribution in [3.05, 3.63) is 58.4 Å². The Kier molecular flexibility index (Phi) is 4.38. The zero-order chi connectivity index (χ0) is 19.8.